The number of likely N-dealkylation sites (tertiary alicyclic amines) is 1. The lowest BCUT2D eigenvalue weighted by molar-refractivity contribution is -0.132. The molecule has 0 aliphatic carbocycles. The van der Waals surface area contributed by atoms with Crippen molar-refractivity contribution in [3.63, 3.8) is 0 Å². The van der Waals surface area contributed by atoms with E-state index in [0.717, 1.165) is 52.0 Å². The molecule has 26 heavy (non-hydrogen) atoms. The van der Waals surface area contributed by atoms with E-state index in [1.165, 1.54) is 11.0 Å². The third-order valence-corrected chi connectivity index (χ3v) is 4.45. The minimum atomic E-state index is -0.250. The van der Waals surface area contributed by atoms with Crippen molar-refractivity contribution in [1.82, 2.24) is 34.9 Å². The molecule has 0 aromatic carbocycles. The van der Waals surface area contributed by atoms with Gasteiger partial charge in [0.1, 0.15) is 12.9 Å². The number of carboxylic acid groups (broad SMARTS) is 1. The molecule has 3 heterocycles. The van der Waals surface area contributed by atoms with E-state index in [9.17, 15) is 9.59 Å². The number of aromatic nitrogens is 4. The van der Waals surface area contributed by atoms with Crippen LogP contribution in [-0.4, -0.2) is 104 Å². The van der Waals surface area contributed by atoms with Gasteiger partial charge in [0.2, 0.25) is 11.8 Å². The van der Waals surface area contributed by atoms with Crippen LogP contribution in [0.1, 0.15) is 19.3 Å². The Morgan fingerprint density at radius 1 is 0.923 bits per heavy atom. The van der Waals surface area contributed by atoms with E-state index < -0.39 is 0 Å². The average molecular weight is 367 g/mol. The molecular weight excluding hydrogens is 342 g/mol. The summed E-state index contributed by atoms with van der Waals surface area (Å²) in [4.78, 5) is 38.8. The lowest BCUT2D eigenvalue weighted by Gasteiger charge is -2.23. The van der Waals surface area contributed by atoms with Gasteiger partial charge in [-0.25, -0.2) is 4.68 Å². The first-order valence-electron chi connectivity index (χ1n) is 8.70. The Morgan fingerprint density at radius 2 is 1.54 bits per heavy atom. The molecule has 2 aliphatic heterocycles. The van der Waals surface area contributed by atoms with E-state index in [-0.39, 0.29) is 24.8 Å². The van der Waals surface area contributed by atoms with Gasteiger partial charge in [-0.2, -0.15) is 0 Å². The van der Waals surface area contributed by atoms with Crippen LogP contribution < -0.4 is 0 Å². The predicted octanol–water partition coefficient (Wildman–Crippen LogP) is -1.47. The van der Waals surface area contributed by atoms with Crippen molar-refractivity contribution in [1.29, 1.82) is 0 Å². The molecule has 0 bridgehead atoms. The zero-order valence-electron chi connectivity index (χ0n) is 14.7. The second-order valence-electron chi connectivity index (χ2n) is 6.21. The summed E-state index contributed by atoms with van der Waals surface area (Å²) in [7, 11) is 0. The summed E-state index contributed by atoms with van der Waals surface area (Å²) in [6.07, 6.45) is 4.56. The molecule has 2 saturated heterocycles. The van der Waals surface area contributed by atoms with Gasteiger partial charge in [-0.3, -0.25) is 19.3 Å². The first kappa shape index (κ1) is 19.8. The van der Waals surface area contributed by atoms with Crippen LogP contribution in [0.25, 0.3) is 0 Å². The number of hydrogen-bond acceptors (Lipinski definition) is 7. The molecule has 0 unspecified atom stereocenters. The van der Waals surface area contributed by atoms with Crippen LogP contribution in [0.2, 0.25) is 0 Å². The van der Waals surface area contributed by atoms with E-state index in [1.807, 2.05) is 9.80 Å². The Morgan fingerprint density at radius 3 is 2.19 bits per heavy atom. The van der Waals surface area contributed by atoms with Crippen molar-refractivity contribution >= 4 is 18.3 Å². The molecular formula is C15H25N7O4. The summed E-state index contributed by atoms with van der Waals surface area (Å²) >= 11 is 0. The fraction of sp³-hybridized carbons (Fsp3) is 0.733. The van der Waals surface area contributed by atoms with Gasteiger partial charge in [0.25, 0.3) is 6.47 Å². The van der Waals surface area contributed by atoms with Crippen molar-refractivity contribution in [2.24, 2.45) is 0 Å². The fourth-order valence-corrected chi connectivity index (χ4v) is 3.13. The van der Waals surface area contributed by atoms with E-state index >= 15 is 0 Å². The SMILES string of the molecule is O=C(CN1CCCN(C(=O)Cn2cnnn2)CC1)N1CCCC1.O=CO. The summed E-state index contributed by atoms with van der Waals surface area (Å²) in [5, 5.41) is 17.7. The number of rotatable bonds is 4. The topological polar surface area (TPSA) is 125 Å². The normalized spacial score (nSPS) is 18.0. The lowest BCUT2D eigenvalue weighted by Crippen LogP contribution is -2.41. The van der Waals surface area contributed by atoms with Crippen molar-refractivity contribution in [3.05, 3.63) is 6.33 Å². The molecule has 1 N–H and O–H groups in total. The number of amides is 2. The molecule has 1 aromatic heterocycles. The van der Waals surface area contributed by atoms with Gasteiger partial charge in [0.05, 0.1) is 6.54 Å². The highest BCUT2D eigenvalue weighted by Crippen LogP contribution is 2.10. The third kappa shape index (κ3) is 6.06. The number of tetrazole rings is 1. The van der Waals surface area contributed by atoms with E-state index in [0.29, 0.717) is 13.1 Å². The van der Waals surface area contributed by atoms with Gasteiger partial charge < -0.3 is 14.9 Å². The van der Waals surface area contributed by atoms with Crippen molar-refractivity contribution in [3.8, 4) is 0 Å². The van der Waals surface area contributed by atoms with E-state index in [4.69, 9.17) is 9.90 Å². The largest absolute Gasteiger partial charge is 0.483 e. The molecule has 144 valence electrons. The molecule has 2 fully saturated rings. The monoisotopic (exact) mass is 367 g/mol. The second-order valence-corrected chi connectivity index (χ2v) is 6.21. The molecule has 11 heteroatoms. The molecule has 0 atom stereocenters. The van der Waals surface area contributed by atoms with Crippen LogP contribution >= 0.6 is 0 Å². The third-order valence-electron chi connectivity index (χ3n) is 4.45. The Balaban J connectivity index is 0.000000758. The second kappa shape index (κ2) is 10.4. The molecule has 11 nitrogen and oxygen atoms in total. The van der Waals surface area contributed by atoms with E-state index in [1.54, 1.807) is 0 Å². The van der Waals surface area contributed by atoms with Gasteiger partial charge in [0, 0.05) is 39.3 Å². The number of carbonyl (C=O) groups is 3. The minimum Gasteiger partial charge on any atom is -0.483 e. The quantitative estimate of drug-likeness (QED) is 0.640. The molecule has 0 radical (unpaired) electrons. The average Bonchev–Trinajstić information content (AvgIpc) is 3.28. The minimum absolute atomic E-state index is 0.0185. The lowest BCUT2D eigenvalue weighted by atomic mass is 10.3. The van der Waals surface area contributed by atoms with Crippen molar-refractivity contribution < 1.29 is 19.5 Å². The highest BCUT2D eigenvalue weighted by molar-refractivity contribution is 5.78. The maximum absolute atomic E-state index is 12.3. The zero-order chi connectivity index (χ0) is 18.8. The van der Waals surface area contributed by atoms with E-state index in [2.05, 4.69) is 20.4 Å². The maximum atomic E-state index is 12.3. The molecule has 1 aromatic rings. The zero-order valence-corrected chi connectivity index (χ0v) is 14.7. The van der Waals surface area contributed by atoms with Crippen LogP contribution in [0, 0.1) is 0 Å². The summed E-state index contributed by atoms with van der Waals surface area (Å²) in [6, 6.07) is 0. The Kier molecular flexibility index (Phi) is 7.93. The number of carbonyl (C=O) groups excluding carboxylic acids is 2. The van der Waals surface area contributed by atoms with Crippen LogP contribution in [-0.2, 0) is 20.9 Å². The Labute approximate surface area is 151 Å². The highest BCUT2D eigenvalue weighted by Gasteiger charge is 2.23. The van der Waals surface area contributed by atoms with Crippen LogP contribution in [0.15, 0.2) is 6.33 Å². The Bertz CT molecular complexity index is 575. The summed E-state index contributed by atoms with van der Waals surface area (Å²) in [6.45, 7) is 5.12. The van der Waals surface area contributed by atoms with Crippen LogP contribution in [0.3, 0.4) is 0 Å². The van der Waals surface area contributed by atoms with Gasteiger partial charge in [0.15, 0.2) is 0 Å². The van der Waals surface area contributed by atoms with Crippen LogP contribution in [0.4, 0.5) is 0 Å². The highest BCUT2D eigenvalue weighted by atomic mass is 16.3. The van der Waals surface area contributed by atoms with Gasteiger partial charge in [-0.05, 0) is 29.7 Å². The van der Waals surface area contributed by atoms with Gasteiger partial charge in [-0.15, -0.1) is 5.10 Å². The Hall–Kier alpha value is -2.56. The fourth-order valence-electron chi connectivity index (χ4n) is 3.13. The molecule has 0 spiro atoms. The number of nitrogens with zero attached hydrogens (tertiary/aromatic N) is 7. The smallest absolute Gasteiger partial charge is 0.290 e. The summed E-state index contributed by atoms with van der Waals surface area (Å²) in [5.41, 5.74) is 0. The molecule has 2 amide bonds. The van der Waals surface area contributed by atoms with Gasteiger partial charge in [-0.1, -0.05) is 0 Å². The molecule has 2 aliphatic rings. The van der Waals surface area contributed by atoms with Crippen molar-refractivity contribution in [2.45, 2.75) is 25.8 Å². The number of hydrogen-bond donors (Lipinski definition) is 1. The van der Waals surface area contributed by atoms with Crippen LogP contribution in [0.5, 0.6) is 0 Å². The molecule has 0 saturated carbocycles. The first-order valence-corrected chi connectivity index (χ1v) is 8.70. The summed E-state index contributed by atoms with van der Waals surface area (Å²) in [5.74, 6) is 0.237. The maximum Gasteiger partial charge on any atom is 0.290 e. The molecule has 3 rings (SSSR count). The standard InChI is InChI=1S/C14H23N7O2.CH2O2/c22-13(19-5-1-2-6-19)10-18-4-3-7-20(9-8-18)14(23)11-21-12-15-16-17-21;2-1-3/h12H,1-11H2;1H,(H,2,3). The van der Waals surface area contributed by atoms with Gasteiger partial charge >= 0.3 is 0 Å². The predicted molar refractivity (Wildman–Crippen MR) is 90.0 cm³/mol. The first-order chi connectivity index (χ1) is 12.6. The van der Waals surface area contributed by atoms with Crippen molar-refractivity contribution in [2.75, 3.05) is 45.8 Å². The summed E-state index contributed by atoms with van der Waals surface area (Å²) < 4.78 is 1.43.